The Morgan fingerprint density at radius 2 is 0.915 bits per heavy atom. The molecule has 0 bridgehead atoms. The lowest BCUT2D eigenvalue weighted by Gasteiger charge is -2.24. The van der Waals surface area contributed by atoms with Crippen LogP contribution in [0.3, 0.4) is 0 Å². The highest BCUT2D eigenvalue weighted by atomic mass is 16.4. The van der Waals surface area contributed by atoms with Crippen molar-refractivity contribution in [2.24, 2.45) is 0 Å². The molecule has 268 valence electrons. The average Bonchev–Trinajstić information content (AvgIpc) is 2.98. The number of rotatable bonds is 19. The quantitative estimate of drug-likeness (QED) is 0.0959. The van der Waals surface area contributed by atoms with Gasteiger partial charge in [-0.2, -0.15) is 0 Å². The van der Waals surface area contributed by atoms with Crippen LogP contribution in [0, 0.1) is 0 Å². The largest absolute Gasteiger partial charge is 0.480 e. The SMILES string of the molecule is CCNC(C)C.CN(C=O)CC(=O)N(C)CC(=O)N(C)CC(=O)NCC(=O)N(C)CC(=O)N(C)CC(=O)N(C)CC(=O)NCC(=O)O. The second kappa shape index (κ2) is 23.5. The zero-order valence-electron chi connectivity index (χ0n) is 28.8. The highest BCUT2D eigenvalue weighted by Gasteiger charge is 2.22. The summed E-state index contributed by atoms with van der Waals surface area (Å²) in [6.45, 7) is 4.21. The predicted octanol–water partition coefficient (Wildman–Crippen LogP) is -4.31. The smallest absolute Gasteiger partial charge is 0.322 e. The number of aliphatic carboxylic acids is 1. The van der Waals surface area contributed by atoms with Crippen LogP contribution in [-0.2, 0) is 43.2 Å². The molecule has 0 aromatic heterocycles. The van der Waals surface area contributed by atoms with E-state index in [2.05, 4.69) is 36.7 Å². The molecule has 4 N–H and O–H groups in total. The molecule has 19 heteroatoms. The summed E-state index contributed by atoms with van der Waals surface area (Å²) in [5, 5.41) is 16.2. The summed E-state index contributed by atoms with van der Waals surface area (Å²) < 4.78 is 0. The zero-order chi connectivity index (χ0) is 36.9. The Labute approximate surface area is 275 Å². The summed E-state index contributed by atoms with van der Waals surface area (Å²) in [5.74, 6) is -5.46. The molecule has 8 amide bonds. The van der Waals surface area contributed by atoms with Crippen molar-refractivity contribution in [3.63, 3.8) is 0 Å². The van der Waals surface area contributed by atoms with E-state index in [0.29, 0.717) is 12.5 Å². The maximum absolute atomic E-state index is 12.4. The van der Waals surface area contributed by atoms with Crippen molar-refractivity contribution in [2.45, 2.75) is 26.8 Å². The predicted molar refractivity (Wildman–Crippen MR) is 169 cm³/mol. The Balaban J connectivity index is 0. The molecule has 0 aliphatic heterocycles. The number of carboxylic acids is 1. The van der Waals surface area contributed by atoms with E-state index >= 15 is 0 Å². The first kappa shape index (κ1) is 44.3. The van der Waals surface area contributed by atoms with Crippen molar-refractivity contribution in [1.29, 1.82) is 0 Å². The maximum atomic E-state index is 12.4. The lowest BCUT2D eigenvalue weighted by molar-refractivity contribution is -0.143. The number of carbonyl (C=O) groups excluding carboxylic acids is 8. The Morgan fingerprint density at radius 1 is 0.574 bits per heavy atom. The standard InChI is InChI=1S/C23H38N8O10.C5H13N/c1-26(15-32)11-19(36)30(5)13-20(37)27(2)9-16(33)24-7-18(35)29(4)12-22(39)31(6)14-21(38)28(3)10-17(34)25-8-23(40)41;1-4-6-5(2)3/h15H,7-14H2,1-6H3,(H,24,33)(H,25,34)(H,40,41);5-6H,4H2,1-3H3. The number of nitrogens with zero attached hydrogens (tertiary/aromatic N) is 6. The molecule has 0 aromatic carbocycles. The summed E-state index contributed by atoms with van der Waals surface area (Å²) in [6, 6.07) is 0.648. The van der Waals surface area contributed by atoms with Gasteiger partial charge in [-0.3, -0.25) is 43.2 Å². The van der Waals surface area contributed by atoms with Crippen molar-refractivity contribution in [1.82, 2.24) is 45.3 Å². The van der Waals surface area contributed by atoms with Gasteiger partial charge in [-0.05, 0) is 6.54 Å². The lowest BCUT2D eigenvalue weighted by atomic mass is 10.4. The first-order valence-electron chi connectivity index (χ1n) is 14.6. The van der Waals surface area contributed by atoms with E-state index < -0.39 is 86.6 Å². The van der Waals surface area contributed by atoms with Gasteiger partial charge in [0.05, 0.1) is 45.8 Å². The van der Waals surface area contributed by atoms with Crippen LogP contribution in [0.4, 0.5) is 0 Å². The molecule has 0 fully saturated rings. The summed E-state index contributed by atoms with van der Waals surface area (Å²) in [5.41, 5.74) is 0. The van der Waals surface area contributed by atoms with E-state index in [1.807, 2.05) is 0 Å². The molecule has 0 radical (unpaired) electrons. The fourth-order valence-corrected chi connectivity index (χ4v) is 3.22. The summed E-state index contributed by atoms with van der Waals surface area (Å²) in [4.78, 5) is 113. The van der Waals surface area contributed by atoms with Crippen LogP contribution in [0.1, 0.15) is 20.8 Å². The Kier molecular flexibility index (Phi) is 22.2. The first-order valence-corrected chi connectivity index (χ1v) is 14.6. The van der Waals surface area contributed by atoms with Gasteiger partial charge in [0, 0.05) is 48.3 Å². The van der Waals surface area contributed by atoms with Crippen LogP contribution in [0.25, 0.3) is 0 Å². The Hall–Kier alpha value is -4.81. The fraction of sp³-hybridized carbons (Fsp3) is 0.679. The molecule has 0 rings (SSSR count). The van der Waals surface area contributed by atoms with E-state index in [0.717, 1.165) is 35.9 Å². The Bertz CT molecular complexity index is 1100. The third-order valence-corrected chi connectivity index (χ3v) is 6.06. The number of amides is 8. The third kappa shape index (κ3) is 21.5. The van der Waals surface area contributed by atoms with Gasteiger partial charge in [0.15, 0.2) is 0 Å². The van der Waals surface area contributed by atoms with E-state index in [1.165, 1.54) is 42.3 Å². The van der Waals surface area contributed by atoms with Crippen molar-refractivity contribution in [3.05, 3.63) is 0 Å². The molecule has 0 aliphatic rings. The minimum Gasteiger partial charge on any atom is -0.480 e. The van der Waals surface area contributed by atoms with Gasteiger partial charge in [0.25, 0.3) is 0 Å². The molecule has 0 unspecified atom stereocenters. The summed E-state index contributed by atoms with van der Waals surface area (Å²) in [6.07, 6.45) is 0.469. The van der Waals surface area contributed by atoms with Crippen LogP contribution >= 0.6 is 0 Å². The Morgan fingerprint density at radius 3 is 1.23 bits per heavy atom. The fourth-order valence-electron chi connectivity index (χ4n) is 3.22. The van der Waals surface area contributed by atoms with Crippen molar-refractivity contribution >= 4 is 53.7 Å². The van der Waals surface area contributed by atoms with Crippen LogP contribution in [-0.4, -0.2) is 195 Å². The molecule has 0 saturated carbocycles. The minimum atomic E-state index is -1.24. The van der Waals surface area contributed by atoms with E-state index in [1.54, 1.807) is 0 Å². The summed E-state index contributed by atoms with van der Waals surface area (Å²) >= 11 is 0. The maximum Gasteiger partial charge on any atom is 0.322 e. The molecule has 0 spiro atoms. The first-order chi connectivity index (χ1) is 21.7. The number of nitrogens with one attached hydrogen (secondary N) is 3. The number of hydrogen-bond acceptors (Lipinski definition) is 10. The van der Waals surface area contributed by atoms with Gasteiger partial charge in [-0.1, -0.05) is 20.8 Å². The van der Waals surface area contributed by atoms with Gasteiger partial charge in [0.2, 0.25) is 47.8 Å². The normalized spacial score (nSPS) is 10.0. The van der Waals surface area contributed by atoms with Gasteiger partial charge in [-0.25, -0.2) is 0 Å². The zero-order valence-corrected chi connectivity index (χ0v) is 28.8. The highest BCUT2D eigenvalue weighted by molar-refractivity contribution is 5.92. The van der Waals surface area contributed by atoms with Gasteiger partial charge >= 0.3 is 5.97 Å². The molecule has 0 heterocycles. The second-order valence-electron chi connectivity index (χ2n) is 10.9. The van der Waals surface area contributed by atoms with Crippen molar-refractivity contribution in [3.8, 4) is 0 Å². The molecular formula is C28H51N9O10. The van der Waals surface area contributed by atoms with Crippen LogP contribution in [0.15, 0.2) is 0 Å². The molecule has 19 nitrogen and oxygen atoms in total. The minimum absolute atomic E-state index is 0.215. The second-order valence-corrected chi connectivity index (χ2v) is 10.9. The molecule has 47 heavy (non-hydrogen) atoms. The van der Waals surface area contributed by atoms with E-state index in [-0.39, 0.29) is 13.1 Å². The molecule has 0 aliphatic carbocycles. The van der Waals surface area contributed by atoms with Crippen molar-refractivity contribution in [2.75, 3.05) is 101 Å². The van der Waals surface area contributed by atoms with Gasteiger partial charge in [-0.15, -0.1) is 0 Å². The van der Waals surface area contributed by atoms with E-state index in [9.17, 15) is 43.2 Å². The molecule has 0 saturated heterocycles. The van der Waals surface area contributed by atoms with Crippen LogP contribution in [0.2, 0.25) is 0 Å². The third-order valence-electron chi connectivity index (χ3n) is 6.06. The summed E-state index contributed by atoms with van der Waals surface area (Å²) in [7, 11) is 8.04. The van der Waals surface area contributed by atoms with Crippen LogP contribution < -0.4 is 16.0 Å². The van der Waals surface area contributed by atoms with Gasteiger partial charge < -0.3 is 50.5 Å². The highest BCUT2D eigenvalue weighted by Crippen LogP contribution is 1.95. The topological polar surface area (TPSA) is 229 Å². The van der Waals surface area contributed by atoms with E-state index in [4.69, 9.17) is 5.11 Å². The number of hydrogen-bond donors (Lipinski definition) is 4. The average molecular weight is 674 g/mol. The lowest BCUT2D eigenvalue weighted by Crippen LogP contribution is -2.48. The molecule has 0 atom stereocenters. The number of carbonyl (C=O) groups is 9. The van der Waals surface area contributed by atoms with Crippen LogP contribution in [0.5, 0.6) is 0 Å². The van der Waals surface area contributed by atoms with Crippen molar-refractivity contribution < 1.29 is 48.3 Å². The monoisotopic (exact) mass is 673 g/mol. The molecular weight excluding hydrogens is 622 g/mol. The number of carboxylic acid groups (broad SMARTS) is 1. The molecule has 0 aromatic rings. The number of likely N-dealkylation sites (N-methyl/N-ethyl adjacent to an activating group) is 6. The van der Waals surface area contributed by atoms with Gasteiger partial charge in [0.1, 0.15) is 6.54 Å².